The highest BCUT2D eigenvalue weighted by atomic mass is 19.1. The molecule has 5 rings (SSSR count). The first-order valence-corrected chi connectivity index (χ1v) is 12.6. The van der Waals surface area contributed by atoms with Crippen LogP contribution < -0.4 is 4.74 Å². The van der Waals surface area contributed by atoms with Crippen molar-refractivity contribution < 1.29 is 18.7 Å². The number of hydrogen-bond acceptors (Lipinski definition) is 5. The summed E-state index contributed by atoms with van der Waals surface area (Å²) in [5, 5.41) is 15.8. The molecular weight excluding hydrogens is 481 g/mol. The molecule has 0 bridgehead atoms. The number of nitrogens with zero attached hydrogens (tertiary/aromatic N) is 3. The third-order valence-corrected chi connectivity index (χ3v) is 6.27. The molecule has 0 spiro atoms. The summed E-state index contributed by atoms with van der Waals surface area (Å²) in [6, 6.07) is 29.7. The second-order valence-electron chi connectivity index (χ2n) is 9.27. The monoisotopic (exact) mass is 511 g/mol. The van der Waals surface area contributed by atoms with Crippen LogP contribution in [0.3, 0.4) is 0 Å². The molecule has 0 aliphatic carbocycles. The van der Waals surface area contributed by atoms with Crippen LogP contribution in [0, 0.1) is 5.82 Å². The van der Waals surface area contributed by atoms with Gasteiger partial charge >= 0.3 is 0 Å². The summed E-state index contributed by atoms with van der Waals surface area (Å²) >= 11 is 0. The molecule has 7 heteroatoms. The quantitative estimate of drug-likeness (QED) is 0.228. The maximum absolute atomic E-state index is 13.9. The molecule has 0 fully saturated rings. The molecular formula is C31H30FN3O3. The minimum atomic E-state index is -0.600. The van der Waals surface area contributed by atoms with E-state index >= 15 is 0 Å². The van der Waals surface area contributed by atoms with E-state index in [1.54, 1.807) is 23.1 Å². The van der Waals surface area contributed by atoms with Crippen molar-refractivity contribution in [1.82, 2.24) is 14.7 Å². The number of furan rings is 1. The van der Waals surface area contributed by atoms with Crippen LogP contribution in [0.5, 0.6) is 11.6 Å². The Bertz CT molecular complexity index is 1440. The van der Waals surface area contributed by atoms with Crippen LogP contribution in [0.2, 0.25) is 0 Å². The van der Waals surface area contributed by atoms with Gasteiger partial charge in [-0.2, -0.15) is 5.10 Å². The van der Waals surface area contributed by atoms with Crippen molar-refractivity contribution >= 4 is 0 Å². The van der Waals surface area contributed by atoms with E-state index in [-0.39, 0.29) is 5.82 Å². The van der Waals surface area contributed by atoms with E-state index in [2.05, 4.69) is 4.90 Å². The van der Waals surface area contributed by atoms with Crippen molar-refractivity contribution in [3.63, 3.8) is 0 Å². The smallest absolute Gasteiger partial charge is 0.222 e. The van der Waals surface area contributed by atoms with Crippen molar-refractivity contribution in [2.75, 3.05) is 6.54 Å². The third-order valence-electron chi connectivity index (χ3n) is 6.27. The van der Waals surface area contributed by atoms with Crippen LogP contribution in [0.1, 0.15) is 16.9 Å². The molecule has 5 aromatic rings. The fraction of sp³-hybridized carbons (Fsp3) is 0.194. The molecule has 2 aromatic heterocycles. The first-order valence-electron chi connectivity index (χ1n) is 12.6. The summed E-state index contributed by atoms with van der Waals surface area (Å²) < 4.78 is 27.5. The Morgan fingerprint density at radius 2 is 1.71 bits per heavy atom. The Labute approximate surface area is 221 Å². The van der Waals surface area contributed by atoms with Gasteiger partial charge < -0.3 is 14.3 Å². The van der Waals surface area contributed by atoms with Gasteiger partial charge in [0.1, 0.15) is 23.0 Å². The van der Waals surface area contributed by atoms with E-state index < -0.39 is 6.10 Å². The molecule has 38 heavy (non-hydrogen) atoms. The lowest BCUT2D eigenvalue weighted by molar-refractivity contribution is 0.0999. The molecule has 0 saturated heterocycles. The largest absolute Gasteiger partial charge is 0.468 e. The molecule has 194 valence electrons. The summed E-state index contributed by atoms with van der Waals surface area (Å²) in [7, 11) is 1.81. The third kappa shape index (κ3) is 6.37. The first-order chi connectivity index (χ1) is 18.5. The van der Waals surface area contributed by atoms with Crippen molar-refractivity contribution in [3.05, 3.63) is 126 Å². The van der Waals surface area contributed by atoms with E-state index in [1.807, 2.05) is 79.8 Å². The van der Waals surface area contributed by atoms with Gasteiger partial charge in [0.05, 0.1) is 24.5 Å². The number of benzene rings is 3. The number of hydrogen-bond donors (Lipinski definition) is 1. The minimum absolute atomic E-state index is 0.377. The number of aliphatic hydroxyl groups excluding tert-OH is 1. The molecule has 0 unspecified atom stereocenters. The van der Waals surface area contributed by atoms with Gasteiger partial charge in [0.2, 0.25) is 5.88 Å². The van der Waals surface area contributed by atoms with Crippen LogP contribution in [-0.4, -0.2) is 32.4 Å². The molecule has 0 aliphatic heterocycles. The van der Waals surface area contributed by atoms with Crippen LogP contribution in [0.15, 0.2) is 108 Å². The van der Waals surface area contributed by atoms with Gasteiger partial charge in [-0.3, -0.25) is 4.90 Å². The van der Waals surface area contributed by atoms with Crippen LogP contribution in [0.4, 0.5) is 4.39 Å². The zero-order valence-electron chi connectivity index (χ0n) is 21.2. The molecule has 6 nitrogen and oxygen atoms in total. The van der Waals surface area contributed by atoms with E-state index in [1.165, 1.54) is 12.1 Å². The van der Waals surface area contributed by atoms with E-state index in [4.69, 9.17) is 14.3 Å². The maximum Gasteiger partial charge on any atom is 0.222 e. The standard InChI is InChI=1S/C31H30FN3O3/c1-34-31(38-27-15-8-14-25(32)19-27)29(30(33-34)24-12-6-3-7-13-24)22-35(21-28-16-9-17-37-28)20-26(36)18-23-10-4-2-5-11-23/h2-17,19,26,36H,18,20-22H2,1H3/t26-/m1/s1. The summed E-state index contributed by atoms with van der Waals surface area (Å²) in [6.07, 6.45) is 1.57. The van der Waals surface area contributed by atoms with E-state index in [9.17, 15) is 9.50 Å². The number of aliphatic hydroxyl groups is 1. The predicted molar refractivity (Wildman–Crippen MR) is 144 cm³/mol. The molecule has 0 saturated carbocycles. The van der Waals surface area contributed by atoms with Crippen molar-refractivity contribution in [1.29, 1.82) is 0 Å². The number of aromatic nitrogens is 2. The Morgan fingerprint density at radius 3 is 2.42 bits per heavy atom. The molecule has 2 heterocycles. The highest BCUT2D eigenvalue weighted by Crippen LogP contribution is 2.34. The van der Waals surface area contributed by atoms with Crippen molar-refractivity contribution in [3.8, 4) is 22.9 Å². The number of ether oxygens (including phenoxy) is 1. The van der Waals surface area contributed by atoms with Gasteiger partial charge in [0.25, 0.3) is 0 Å². The van der Waals surface area contributed by atoms with Gasteiger partial charge in [-0.15, -0.1) is 0 Å². The first kappa shape index (κ1) is 25.4. The average Bonchev–Trinajstić information content (AvgIpc) is 3.53. The molecule has 3 aromatic carbocycles. The normalized spacial score (nSPS) is 12.1. The molecule has 1 N–H and O–H groups in total. The fourth-order valence-corrected chi connectivity index (χ4v) is 4.57. The second-order valence-corrected chi connectivity index (χ2v) is 9.27. The Balaban J connectivity index is 1.48. The summed E-state index contributed by atoms with van der Waals surface area (Å²) in [6.45, 7) is 1.31. The zero-order valence-corrected chi connectivity index (χ0v) is 21.2. The van der Waals surface area contributed by atoms with Gasteiger partial charge in [0, 0.05) is 31.8 Å². The summed E-state index contributed by atoms with van der Waals surface area (Å²) in [5.74, 6) is 1.31. The number of halogens is 1. The second kappa shape index (κ2) is 11.9. The van der Waals surface area contributed by atoms with Crippen LogP contribution >= 0.6 is 0 Å². The average molecular weight is 512 g/mol. The summed E-state index contributed by atoms with van der Waals surface area (Å²) in [5.41, 5.74) is 3.61. The van der Waals surface area contributed by atoms with E-state index in [0.29, 0.717) is 37.7 Å². The van der Waals surface area contributed by atoms with Crippen LogP contribution in [0.25, 0.3) is 11.3 Å². The fourth-order valence-electron chi connectivity index (χ4n) is 4.57. The molecule has 1 atom stereocenters. The lowest BCUT2D eigenvalue weighted by atomic mass is 10.1. The van der Waals surface area contributed by atoms with Crippen molar-refractivity contribution in [2.24, 2.45) is 7.05 Å². The predicted octanol–water partition coefficient (Wildman–Crippen LogP) is 6.22. The zero-order chi connectivity index (χ0) is 26.3. The number of aryl methyl sites for hydroxylation is 1. The molecule has 0 amide bonds. The van der Waals surface area contributed by atoms with Gasteiger partial charge in [0.15, 0.2) is 0 Å². The maximum atomic E-state index is 13.9. The lowest BCUT2D eigenvalue weighted by Gasteiger charge is -2.25. The molecule has 0 radical (unpaired) electrons. The SMILES string of the molecule is Cn1nc(-c2ccccc2)c(CN(Cc2ccco2)C[C@H](O)Cc2ccccc2)c1Oc1cccc(F)c1. The molecule has 0 aliphatic rings. The van der Waals surface area contributed by atoms with Gasteiger partial charge in [-0.25, -0.2) is 9.07 Å². The Kier molecular flexibility index (Phi) is 7.97. The van der Waals surface area contributed by atoms with Crippen LogP contribution in [-0.2, 0) is 26.6 Å². The van der Waals surface area contributed by atoms with Gasteiger partial charge in [-0.05, 0) is 36.2 Å². The summed E-state index contributed by atoms with van der Waals surface area (Å²) in [4.78, 5) is 2.12. The van der Waals surface area contributed by atoms with E-state index in [0.717, 1.165) is 28.1 Å². The Hall–Kier alpha value is -4.20. The Morgan fingerprint density at radius 1 is 0.947 bits per heavy atom. The van der Waals surface area contributed by atoms with Crippen molar-refractivity contribution in [2.45, 2.75) is 25.6 Å². The topological polar surface area (TPSA) is 63.7 Å². The number of rotatable bonds is 11. The highest BCUT2D eigenvalue weighted by molar-refractivity contribution is 5.65. The van der Waals surface area contributed by atoms with Gasteiger partial charge in [-0.1, -0.05) is 66.7 Å². The highest BCUT2D eigenvalue weighted by Gasteiger charge is 2.24. The lowest BCUT2D eigenvalue weighted by Crippen LogP contribution is -2.33. The minimum Gasteiger partial charge on any atom is -0.468 e.